The Bertz CT molecular complexity index is 1180. The molecule has 1 saturated heterocycles. The van der Waals surface area contributed by atoms with E-state index in [2.05, 4.69) is 58.3 Å². The minimum absolute atomic E-state index is 0.223. The number of hydrogen-bond donors (Lipinski definition) is 0. The fourth-order valence-electron chi connectivity index (χ4n) is 4.15. The Morgan fingerprint density at radius 3 is 2.45 bits per heavy atom. The van der Waals surface area contributed by atoms with Crippen LogP contribution in [0.25, 0.3) is 0 Å². The first-order valence-electron chi connectivity index (χ1n) is 10.2. The summed E-state index contributed by atoms with van der Waals surface area (Å²) in [6, 6.07) is 11.5. The van der Waals surface area contributed by atoms with E-state index in [0.29, 0.717) is 25.9 Å². The summed E-state index contributed by atoms with van der Waals surface area (Å²) in [7, 11) is -3.46. The maximum Gasteiger partial charge on any atom is 0.185 e. The van der Waals surface area contributed by atoms with Crippen LogP contribution in [0, 0.1) is 13.8 Å². The van der Waals surface area contributed by atoms with E-state index in [-0.39, 0.29) is 9.92 Å². The standard InChI is InChI=1S/C23H24BrClN2O2S2/c1-15-9-16(2)11-17(10-15)12-19-14-30-23(26-19)27-7-5-20(6-8-27)31(28,29)22-4-3-18(24)13-21(22)25/h3-4,9-11,13-14,20H,5-8,12H2,1-2H3. The summed E-state index contributed by atoms with van der Waals surface area (Å²) in [5.41, 5.74) is 4.85. The fourth-order valence-corrected chi connectivity index (χ4v) is 7.80. The first kappa shape index (κ1) is 22.8. The van der Waals surface area contributed by atoms with E-state index in [1.807, 2.05) is 0 Å². The molecule has 1 aromatic heterocycles. The van der Waals surface area contributed by atoms with Crippen LogP contribution in [-0.4, -0.2) is 31.7 Å². The molecule has 2 heterocycles. The van der Waals surface area contributed by atoms with Crippen molar-refractivity contribution in [1.82, 2.24) is 4.98 Å². The lowest BCUT2D eigenvalue weighted by atomic mass is 10.0. The Hall–Kier alpha value is -1.41. The quantitative estimate of drug-likeness (QED) is 0.387. The highest BCUT2D eigenvalue weighted by molar-refractivity contribution is 9.10. The summed E-state index contributed by atoms with van der Waals surface area (Å²) in [5, 5.41) is 2.93. The van der Waals surface area contributed by atoms with Gasteiger partial charge in [0.2, 0.25) is 0 Å². The second-order valence-corrected chi connectivity index (χ2v) is 12.5. The predicted molar refractivity (Wildman–Crippen MR) is 132 cm³/mol. The summed E-state index contributed by atoms with van der Waals surface area (Å²) < 4.78 is 27.0. The van der Waals surface area contributed by atoms with Crippen molar-refractivity contribution < 1.29 is 8.42 Å². The van der Waals surface area contributed by atoms with Gasteiger partial charge in [0.1, 0.15) is 0 Å². The number of hydrogen-bond acceptors (Lipinski definition) is 5. The first-order valence-corrected chi connectivity index (χ1v) is 13.8. The summed E-state index contributed by atoms with van der Waals surface area (Å²) in [6.07, 6.45) is 1.95. The fraction of sp³-hybridized carbons (Fsp3) is 0.348. The lowest BCUT2D eigenvalue weighted by Gasteiger charge is -2.31. The van der Waals surface area contributed by atoms with E-state index in [4.69, 9.17) is 16.6 Å². The third-order valence-electron chi connectivity index (χ3n) is 5.56. The zero-order chi connectivity index (χ0) is 22.2. The zero-order valence-corrected chi connectivity index (χ0v) is 21.4. The maximum absolute atomic E-state index is 13.1. The van der Waals surface area contributed by atoms with Crippen LogP contribution >= 0.6 is 38.9 Å². The molecule has 0 atom stereocenters. The van der Waals surface area contributed by atoms with Gasteiger partial charge in [0, 0.05) is 29.4 Å². The number of sulfone groups is 1. The molecule has 3 aromatic rings. The number of aryl methyl sites for hydroxylation is 2. The average Bonchev–Trinajstić information content (AvgIpc) is 3.15. The summed E-state index contributed by atoms with van der Waals surface area (Å²) in [4.78, 5) is 7.25. The predicted octanol–water partition coefficient (Wildman–Crippen LogP) is 6.21. The molecule has 2 aromatic carbocycles. The molecule has 0 aliphatic carbocycles. The third kappa shape index (κ3) is 5.16. The molecule has 4 nitrogen and oxygen atoms in total. The number of thiazole rings is 1. The van der Waals surface area contributed by atoms with Gasteiger partial charge in [-0.05, 0) is 50.5 Å². The zero-order valence-electron chi connectivity index (χ0n) is 17.4. The lowest BCUT2D eigenvalue weighted by Crippen LogP contribution is -2.39. The molecular weight excluding hydrogens is 516 g/mol. The second-order valence-electron chi connectivity index (χ2n) is 8.10. The van der Waals surface area contributed by atoms with Crippen molar-refractivity contribution in [2.24, 2.45) is 0 Å². The van der Waals surface area contributed by atoms with Gasteiger partial charge in [0.15, 0.2) is 15.0 Å². The van der Waals surface area contributed by atoms with Gasteiger partial charge in [-0.15, -0.1) is 11.3 Å². The number of aromatic nitrogens is 1. The van der Waals surface area contributed by atoms with Crippen molar-refractivity contribution in [3.8, 4) is 0 Å². The number of anilines is 1. The summed E-state index contributed by atoms with van der Waals surface area (Å²) in [6.45, 7) is 5.58. The number of nitrogens with zero attached hydrogens (tertiary/aromatic N) is 2. The molecule has 31 heavy (non-hydrogen) atoms. The second kappa shape index (κ2) is 9.22. The third-order valence-corrected chi connectivity index (χ3v) is 9.74. The van der Waals surface area contributed by atoms with Crippen LogP contribution in [0.15, 0.2) is 51.1 Å². The molecule has 0 radical (unpaired) electrons. The number of halogens is 2. The molecule has 0 saturated carbocycles. The largest absolute Gasteiger partial charge is 0.348 e. The van der Waals surface area contributed by atoms with Crippen LogP contribution in [0.1, 0.15) is 35.2 Å². The lowest BCUT2D eigenvalue weighted by molar-refractivity contribution is 0.529. The van der Waals surface area contributed by atoms with E-state index in [9.17, 15) is 8.42 Å². The van der Waals surface area contributed by atoms with Crippen molar-refractivity contribution in [3.63, 3.8) is 0 Å². The van der Waals surface area contributed by atoms with Crippen molar-refractivity contribution in [1.29, 1.82) is 0 Å². The van der Waals surface area contributed by atoms with Gasteiger partial charge in [0.25, 0.3) is 0 Å². The minimum atomic E-state index is -3.46. The van der Waals surface area contributed by atoms with Gasteiger partial charge in [-0.25, -0.2) is 13.4 Å². The topological polar surface area (TPSA) is 50.3 Å². The molecule has 0 unspecified atom stereocenters. The molecule has 0 amide bonds. The average molecular weight is 540 g/mol. The highest BCUT2D eigenvalue weighted by atomic mass is 79.9. The molecule has 8 heteroatoms. The number of piperidine rings is 1. The van der Waals surface area contributed by atoms with E-state index < -0.39 is 15.1 Å². The molecule has 164 valence electrons. The van der Waals surface area contributed by atoms with E-state index in [1.54, 1.807) is 29.5 Å². The Labute approximate surface area is 201 Å². The number of benzene rings is 2. The molecule has 0 bridgehead atoms. The Kier molecular flexibility index (Phi) is 6.77. The Morgan fingerprint density at radius 1 is 1.13 bits per heavy atom. The summed E-state index contributed by atoms with van der Waals surface area (Å²) >= 11 is 11.2. The SMILES string of the molecule is Cc1cc(C)cc(Cc2csc(N3CCC(S(=O)(=O)c4ccc(Br)cc4Cl)CC3)n2)c1. The van der Waals surface area contributed by atoms with E-state index in [1.165, 1.54) is 16.7 Å². The Morgan fingerprint density at radius 2 is 1.81 bits per heavy atom. The molecule has 1 aliphatic heterocycles. The van der Waals surface area contributed by atoms with Crippen LogP contribution in [0.4, 0.5) is 5.13 Å². The van der Waals surface area contributed by atoms with Gasteiger partial charge in [-0.2, -0.15) is 0 Å². The van der Waals surface area contributed by atoms with Crippen molar-refractivity contribution in [2.45, 2.75) is 43.3 Å². The van der Waals surface area contributed by atoms with Crippen molar-refractivity contribution in [3.05, 3.63) is 73.7 Å². The molecule has 0 N–H and O–H groups in total. The highest BCUT2D eigenvalue weighted by Gasteiger charge is 2.33. The van der Waals surface area contributed by atoms with Crippen molar-refractivity contribution >= 4 is 53.8 Å². The molecule has 1 fully saturated rings. The smallest absolute Gasteiger partial charge is 0.185 e. The minimum Gasteiger partial charge on any atom is -0.348 e. The number of rotatable bonds is 5. The Balaban J connectivity index is 1.42. The van der Waals surface area contributed by atoms with Crippen LogP contribution in [0.5, 0.6) is 0 Å². The van der Waals surface area contributed by atoms with E-state index in [0.717, 1.165) is 21.7 Å². The summed E-state index contributed by atoms with van der Waals surface area (Å²) in [5.74, 6) is 0. The van der Waals surface area contributed by atoms with Crippen molar-refractivity contribution in [2.75, 3.05) is 18.0 Å². The van der Waals surface area contributed by atoms with Gasteiger partial charge >= 0.3 is 0 Å². The normalized spacial score (nSPS) is 15.4. The van der Waals surface area contributed by atoms with Gasteiger partial charge < -0.3 is 4.90 Å². The van der Waals surface area contributed by atoms with Gasteiger partial charge in [-0.1, -0.05) is 56.9 Å². The molecule has 0 spiro atoms. The van der Waals surface area contributed by atoms with Crippen LogP contribution < -0.4 is 4.90 Å². The molecule has 1 aliphatic rings. The van der Waals surface area contributed by atoms with Gasteiger partial charge in [0.05, 0.1) is 20.9 Å². The van der Waals surface area contributed by atoms with Crippen LogP contribution in [0.3, 0.4) is 0 Å². The van der Waals surface area contributed by atoms with E-state index >= 15 is 0 Å². The monoisotopic (exact) mass is 538 g/mol. The van der Waals surface area contributed by atoms with Crippen LogP contribution in [0.2, 0.25) is 5.02 Å². The van der Waals surface area contributed by atoms with Crippen LogP contribution in [-0.2, 0) is 16.3 Å². The molecule has 4 rings (SSSR count). The maximum atomic E-state index is 13.1. The molecular formula is C23H24BrClN2O2S2. The highest BCUT2D eigenvalue weighted by Crippen LogP contribution is 2.33. The van der Waals surface area contributed by atoms with Gasteiger partial charge in [-0.3, -0.25) is 0 Å². The first-order chi connectivity index (χ1) is 14.7.